The highest BCUT2D eigenvalue weighted by atomic mass is 16.6. The minimum atomic E-state index is -1.09. The van der Waals surface area contributed by atoms with Crippen LogP contribution in [0.15, 0.2) is 0 Å². The van der Waals surface area contributed by atoms with Gasteiger partial charge in [-0.1, -0.05) is 0 Å². The van der Waals surface area contributed by atoms with Crippen LogP contribution in [0.25, 0.3) is 0 Å². The van der Waals surface area contributed by atoms with Crippen molar-refractivity contribution < 1.29 is 34.1 Å². The fourth-order valence-electron chi connectivity index (χ4n) is 4.33. The normalized spacial score (nSPS) is 20.8. The molecule has 0 aromatic heterocycles. The maximum atomic E-state index is 12.8. The van der Waals surface area contributed by atoms with Crippen LogP contribution in [0.1, 0.15) is 65.7 Å². The van der Waals surface area contributed by atoms with E-state index in [1.165, 1.54) is 0 Å². The lowest BCUT2D eigenvalue weighted by atomic mass is 9.91. The first-order valence-corrected chi connectivity index (χ1v) is 11.9. The number of rotatable bonds is 8. The van der Waals surface area contributed by atoms with Crippen molar-refractivity contribution in [2.45, 2.75) is 77.4 Å². The Morgan fingerprint density at radius 1 is 1.06 bits per heavy atom. The number of hydrogen-bond acceptors (Lipinski definition) is 6. The summed E-state index contributed by atoms with van der Waals surface area (Å²) in [5.41, 5.74) is -0.515. The quantitative estimate of drug-likeness (QED) is 0.491. The zero-order valence-electron chi connectivity index (χ0n) is 20.0. The fourth-order valence-corrected chi connectivity index (χ4v) is 4.33. The van der Waals surface area contributed by atoms with Gasteiger partial charge in [0.2, 0.25) is 11.8 Å². The van der Waals surface area contributed by atoms with E-state index in [-0.39, 0.29) is 24.3 Å². The van der Waals surface area contributed by atoms with Crippen molar-refractivity contribution >= 4 is 23.9 Å². The number of amides is 3. The van der Waals surface area contributed by atoms with Gasteiger partial charge in [-0.25, -0.2) is 4.79 Å². The number of carboxylic acids is 1. The molecule has 2 saturated heterocycles. The average molecular weight is 470 g/mol. The number of carbonyl (C=O) groups is 4. The number of aliphatic hydroxyl groups is 1. The Labute approximate surface area is 195 Å². The number of likely N-dealkylation sites (tertiary alicyclic amines) is 2. The SMILES string of the molecule is CC(C)(C)OC(=O)N1CCC(CCC(=O)N2CCC[C@@H](C(=O)NC(CO)CC(=O)O)C2)CC1. The second kappa shape index (κ2) is 12.2. The van der Waals surface area contributed by atoms with E-state index < -0.39 is 30.1 Å². The second-order valence-corrected chi connectivity index (χ2v) is 10.1. The van der Waals surface area contributed by atoms with Crippen LogP contribution in [0.3, 0.4) is 0 Å². The highest BCUT2D eigenvalue weighted by Gasteiger charge is 2.31. The van der Waals surface area contributed by atoms with E-state index in [4.69, 9.17) is 9.84 Å². The van der Waals surface area contributed by atoms with Gasteiger partial charge in [0.25, 0.3) is 0 Å². The Kier molecular flexibility index (Phi) is 9.94. The van der Waals surface area contributed by atoms with Gasteiger partial charge in [0.15, 0.2) is 0 Å². The van der Waals surface area contributed by atoms with Gasteiger partial charge in [-0.3, -0.25) is 14.4 Å². The molecule has 2 heterocycles. The highest BCUT2D eigenvalue weighted by Crippen LogP contribution is 2.25. The number of piperidine rings is 2. The summed E-state index contributed by atoms with van der Waals surface area (Å²) in [6.07, 6.45) is 3.53. The number of aliphatic hydroxyl groups excluding tert-OH is 1. The minimum Gasteiger partial charge on any atom is -0.481 e. The first-order chi connectivity index (χ1) is 15.5. The third-order valence-electron chi connectivity index (χ3n) is 6.17. The molecule has 0 aromatic rings. The Morgan fingerprint density at radius 3 is 2.30 bits per heavy atom. The van der Waals surface area contributed by atoms with Crippen molar-refractivity contribution in [3.05, 3.63) is 0 Å². The van der Waals surface area contributed by atoms with E-state index in [0.29, 0.717) is 51.4 Å². The summed E-state index contributed by atoms with van der Waals surface area (Å²) < 4.78 is 5.42. The molecule has 3 N–H and O–H groups in total. The van der Waals surface area contributed by atoms with E-state index in [0.717, 1.165) is 19.3 Å². The summed E-state index contributed by atoms with van der Waals surface area (Å²) in [7, 11) is 0. The molecule has 0 aromatic carbocycles. The smallest absolute Gasteiger partial charge is 0.410 e. The number of ether oxygens (including phenoxy) is 1. The lowest BCUT2D eigenvalue weighted by molar-refractivity contribution is -0.138. The molecule has 2 fully saturated rings. The summed E-state index contributed by atoms with van der Waals surface area (Å²) in [5, 5.41) is 20.7. The molecule has 2 atom stereocenters. The molecule has 0 spiro atoms. The van der Waals surface area contributed by atoms with Gasteiger partial charge < -0.3 is 30.1 Å². The topological polar surface area (TPSA) is 136 Å². The van der Waals surface area contributed by atoms with Gasteiger partial charge in [0, 0.05) is 32.6 Å². The molecule has 33 heavy (non-hydrogen) atoms. The minimum absolute atomic E-state index is 0.0197. The van der Waals surface area contributed by atoms with E-state index in [9.17, 15) is 24.3 Å². The molecule has 2 aliphatic rings. The Balaban J connectivity index is 1.74. The molecular formula is C23H39N3O7. The van der Waals surface area contributed by atoms with Crippen molar-refractivity contribution in [1.29, 1.82) is 0 Å². The van der Waals surface area contributed by atoms with Crippen LogP contribution in [0, 0.1) is 11.8 Å². The number of carbonyl (C=O) groups excluding carboxylic acids is 3. The molecule has 0 saturated carbocycles. The molecule has 188 valence electrons. The van der Waals surface area contributed by atoms with Crippen LogP contribution < -0.4 is 5.32 Å². The van der Waals surface area contributed by atoms with Gasteiger partial charge >= 0.3 is 12.1 Å². The predicted octanol–water partition coefficient (Wildman–Crippen LogP) is 1.60. The molecule has 3 amide bonds. The maximum Gasteiger partial charge on any atom is 0.410 e. The van der Waals surface area contributed by atoms with Crippen LogP contribution in [-0.2, 0) is 19.1 Å². The fraction of sp³-hybridized carbons (Fsp3) is 0.826. The van der Waals surface area contributed by atoms with Gasteiger partial charge in [0.1, 0.15) is 5.60 Å². The summed E-state index contributed by atoms with van der Waals surface area (Å²) in [5.74, 6) is -1.42. The standard InChI is InChI=1S/C23H39N3O7/c1-23(2,3)33-22(32)25-11-8-16(9-12-25)6-7-19(28)26-10-4-5-17(14-26)21(31)24-18(15-27)13-20(29)30/h16-18,27H,4-15H2,1-3H3,(H,24,31)(H,29,30)/t17-,18?/m1/s1. The van der Waals surface area contributed by atoms with Crippen LogP contribution in [0.5, 0.6) is 0 Å². The van der Waals surface area contributed by atoms with Crippen molar-refractivity contribution in [2.75, 3.05) is 32.8 Å². The van der Waals surface area contributed by atoms with Crippen molar-refractivity contribution in [3.63, 3.8) is 0 Å². The highest BCUT2D eigenvalue weighted by molar-refractivity contribution is 5.82. The first-order valence-electron chi connectivity index (χ1n) is 11.9. The van der Waals surface area contributed by atoms with Gasteiger partial charge in [-0.15, -0.1) is 0 Å². The molecule has 0 radical (unpaired) electrons. The number of aliphatic carboxylic acids is 1. The number of nitrogens with zero attached hydrogens (tertiary/aromatic N) is 2. The molecule has 0 bridgehead atoms. The summed E-state index contributed by atoms with van der Waals surface area (Å²) in [6, 6.07) is -0.826. The average Bonchev–Trinajstić information content (AvgIpc) is 2.75. The van der Waals surface area contributed by atoms with Gasteiger partial charge in [0.05, 0.1) is 25.0 Å². The van der Waals surface area contributed by atoms with Crippen molar-refractivity contribution in [1.82, 2.24) is 15.1 Å². The number of carboxylic acid groups (broad SMARTS) is 1. The second-order valence-electron chi connectivity index (χ2n) is 10.1. The van der Waals surface area contributed by atoms with E-state index in [1.807, 2.05) is 20.8 Å². The maximum absolute atomic E-state index is 12.8. The molecule has 1 unspecified atom stereocenters. The zero-order chi connectivity index (χ0) is 24.6. The zero-order valence-corrected chi connectivity index (χ0v) is 20.0. The Bertz CT molecular complexity index is 699. The van der Waals surface area contributed by atoms with Gasteiger partial charge in [-0.05, 0) is 58.8 Å². The van der Waals surface area contributed by atoms with E-state index in [1.54, 1.807) is 9.80 Å². The molecule has 10 nitrogen and oxygen atoms in total. The van der Waals surface area contributed by atoms with E-state index in [2.05, 4.69) is 5.32 Å². The summed E-state index contributed by atoms with van der Waals surface area (Å²) >= 11 is 0. The summed E-state index contributed by atoms with van der Waals surface area (Å²) in [6.45, 7) is 7.27. The molecule has 2 aliphatic heterocycles. The molecule has 0 aliphatic carbocycles. The largest absolute Gasteiger partial charge is 0.481 e. The first kappa shape index (κ1) is 26.9. The molecular weight excluding hydrogens is 430 g/mol. The third kappa shape index (κ3) is 9.19. The number of hydrogen-bond donors (Lipinski definition) is 3. The van der Waals surface area contributed by atoms with Crippen LogP contribution in [-0.4, -0.2) is 88.3 Å². The number of nitrogens with one attached hydrogen (secondary N) is 1. The molecule has 2 rings (SSSR count). The van der Waals surface area contributed by atoms with Crippen molar-refractivity contribution in [2.24, 2.45) is 11.8 Å². The lowest BCUT2D eigenvalue weighted by Crippen LogP contribution is -2.48. The Hall–Kier alpha value is -2.36. The third-order valence-corrected chi connectivity index (χ3v) is 6.17. The van der Waals surface area contributed by atoms with E-state index >= 15 is 0 Å². The Morgan fingerprint density at radius 2 is 1.73 bits per heavy atom. The van der Waals surface area contributed by atoms with Gasteiger partial charge in [-0.2, -0.15) is 0 Å². The monoisotopic (exact) mass is 469 g/mol. The predicted molar refractivity (Wildman–Crippen MR) is 120 cm³/mol. The van der Waals surface area contributed by atoms with Crippen LogP contribution in [0.2, 0.25) is 0 Å². The van der Waals surface area contributed by atoms with Crippen LogP contribution >= 0.6 is 0 Å². The van der Waals surface area contributed by atoms with Crippen LogP contribution in [0.4, 0.5) is 4.79 Å². The lowest BCUT2D eigenvalue weighted by Gasteiger charge is -2.35. The van der Waals surface area contributed by atoms with Crippen molar-refractivity contribution in [3.8, 4) is 0 Å². The summed E-state index contributed by atoms with van der Waals surface area (Å²) in [4.78, 5) is 51.7. The molecule has 10 heteroatoms.